The van der Waals surface area contributed by atoms with Crippen molar-refractivity contribution in [1.29, 1.82) is 0 Å². The Kier molecular flexibility index (Phi) is 3.29. The molecule has 0 radical (unpaired) electrons. The molecular formula is C14H9BrClFN2. The molecule has 0 bridgehead atoms. The lowest BCUT2D eigenvalue weighted by molar-refractivity contribution is 0.629. The number of aromatic nitrogens is 2. The van der Waals surface area contributed by atoms with E-state index in [0.29, 0.717) is 11.3 Å². The summed E-state index contributed by atoms with van der Waals surface area (Å²) in [6.07, 6.45) is 0. The van der Waals surface area contributed by atoms with Crippen LogP contribution < -0.4 is 0 Å². The zero-order chi connectivity index (χ0) is 13.4. The van der Waals surface area contributed by atoms with Crippen LogP contribution in [0.3, 0.4) is 0 Å². The van der Waals surface area contributed by atoms with Crippen molar-refractivity contribution in [3.63, 3.8) is 0 Å². The minimum absolute atomic E-state index is 0.262. The predicted octanol–water partition coefficient (Wildman–Crippen LogP) is 4.67. The molecule has 1 aromatic heterocycles. The number of fused-ring (bicyclic) bond motifs is 1. The van der Waals surface area contributed by atoms with Crippen LogP contribution >= 0.6 is 27.5 Å². The van der Waals surface area contributed by atoms with Crippen molar-refractivity contribution in [1.82, 2.24) is 9.55 Å². The van der Waals surface area contributed by atoms with Crippen LogP contribution in [0.25, 0.3) is 16.7 Å². The number of halogens is 3. The number of alkyl halides is 1. The van der Waals surface area contributed by atoms with Gasteiger partial charge in [0.25, 0.3) is 0 Å². The van der Waals surface area contributed by atoms with Crippen molar-refractivity contribution >= 4 is 38.6 Å². The first-order valence-corrected chi connectivity index (χ1v) is 7.01. The Balaban J connectivity index is 2.36. The number of benzene rings is 2. The van der Waals surface area contributed by atoms with Crippen LogP contribution in [-0.4, -0.2) is 9.55 Å². The molecule has 0 fully saturated rings. The van der Waals surface area contributed by atoms with Crippen molar-refractivity contribution in [3.05, 3.63) is 58.6 Å². The van der Waals surface area contributed by atoms with E-state index in [9.17, 15) is 4.39 Å². The minimum atomic E-state index is -0.301. The van der Waals surface area contributed by atoms with Gasteiger partial charge in [-0.15, -0.1) is 11.6 Å². The smallest absolute Gasteiger partial charge is 0.129 e. The highest BCUT2D eigenvalue weighted by atomic mass is 79.9. The molecule has 2 nitrogen and oxygen atoms in total. The molecule has 0 atom stereocenters. The average molecular weight is 340 g/mol. The molecule has 0 aliphatic rings. The summed E-state index contributed by atoms with van der Waals surface area (Å²) >= 11 is 9.47. The predicted molar refractivity (Wildman–Crippen MR) is 78.3 cm³/mol. The summed E-state index contributed by atoms with van der Waals surface area (Å²) in [7, 11) is 0. The highest BCUT2D eigenvalue weighted by molar-refractivity contribution is 9.10. The van der Waals surface area contributed by atoms with E-state index in [4.69, 9.17) is 11.6 Å². The fourth-order valence-electron chi connectivity index (χ4n) is 2.09. The SMILES string of the molecule is Fc1ccc2c(c1)nc(CCl)n2-c1ccccc1Br. The average Bonchev–Trinajstić information content (AvgIpc) is 2.76. The first-order valence-electron chi connectivity index (χ1n) is 5.68. The van der Waals surface area contributed by atoms with Crippen molar-refractivity contribution in [2.24, 2.45) is 0 Å². The first-order chi connectivity index (χ1) is 9.20. The maximum Gasteiger partial charge on any atom is 0.129 e. The van der Waals surface area contributed by atoms with Crippen LogP contribution in [0, 0.1) is 5.82 Å². The Hall–Kier alpha value is -1.39. The molecule has 0 N–H and O–H groups in total. The van der Waals surface area contributed by atoms with Gasteiger partial charge in [0, 0.05) is 10.5 Å². The zero-order valence-corrected chi connectivity index (χ0v) is 12.1. The molecule has 0 saturated carbocycles. The van der Waals surface area contributed by atoms with Crippen LogP contribution in [0.15, 0.2) is 46.9 Å². The van der Waals surface area contributed by atoms with Gasteiger partial charge in [-0.3, -0.25) is 4.57 Å². The summed E-state index contributed by atoms with van der Waals surface area (Å²) in [4.78, 5) is 4.38. The fourth-order valence-corrected chi connectivity index (χ4v) is 2.74. The number of hydrogen-bond donors (Lipinski definition) is 0. The Morgan fingerprint density at radius 3 is 2.74 bits per heavy atom. The number of para-hydroxylation sites is 1. The van der Waals surface area contributed by atoms with Gasteiger partial charge in [0.1, 0.15) is 11.6 Å². The van der Waals surface area contributed by atoms with Crippen molar-refractivity contribution in [2.45, 2.75) is 5.88 Å². The van der Waals surface area contributed by atoms with E-state index in [1.54, 1.807) is 6.07 Å². The molecule has 0 aliphatic carbocycles. The zero-order valence-electron chi connectivity index (χ0n) is 9.78. The molecular weight excluding hydrogens is 331 g/mol. The second kappa shape index (κ2) is 4.94. The Morgan fingerprint density at radius 1 is 1.21 bits per heavy atom. The number of nitrogens with zero attached hydrogens (tertiary/aromatic N) is 2. The molecule has 0 spiro atoms. The summed E-state index contributed by atoms with van der Waals surface area (Å²) in [5, 5.41) is 0. The summed E-state index contributed by atoms with van der Waals surface area (Å²) in [6.45, 7) is 0. The number of rotatable bonds is 2. The van der Waals surface area contributed by atoms with E-state index in [0.717, 1.165) is 15.7 Å². The molecule has 0 amide bonds. The Morgan fingerprint density at radius 2 is 2.00 bits per heavy atom. The van der Waals surface area contributed by atoms with Gasteiger partial charge in [0.05, 0.1) is 22.6 Å². The van der Waals surface area contributed by atoms with E-state index in [2.05, 4.69) is 20.9 Å². The van der Waals surface area contributed by atoms with Gasteiger partial charge in [-0.2, -0.15) is 0 Å². The third-order valence-electron chi connectivity index (χ3n) is 2.90. The van der Waals surface area contributed by atoms with Gasteiger partial charge in [-0.05, 0) is 40.2 Å². The molecule has 96 valence electrons. The van der Waals surface area contributed by atoms with Gasteiger partial charge in [-0.25, -0.2) is 9.37 Å². The Bertz CT molecular complexity index is 754. The molecule has 5 heteroatoms. The van der Waals surface area contributed by atoms with Gasteiger partial charge < -0.3 is 0 Å². The van der Waals surface area contributed by atoms with E-state index < -0.39 is 0 Å². The number of imidazole rings is 1. The van der Waals surface area contributed by atoms with Crippen LogP contribution in [0.5, 0.6) is 0 Å². The molecule has 0 unspecified atom stereocenters. The molecule has 2 aromatic carbocycles. The lowest BCUT2D eigenvalue weighted by Gasteiger charge is -2.09. The highest BCUT2D eigenvalue weighted by Gasteiger charge is 2.13. The second-order valence-corrected chi connectivity index (χ2v) is 5.20. The molecule has 1 heterocycles. The largest absolute Gasteiger partial charge is 0.294 e. The lowest BCUT2D eigenvalue weighted by Crippen LogP contribution is -2.00. The van der Waals surface area contributed by atoms with E-state index in [1.807, 2.05) is 28.8 Å². The van der Waals surface area contributed by atoms with Crippen molar-refractivity contribution in [3.8, 4) is 5.69 Å². The van der Waals surface area contributed by atoms with E-state index in [-0.39, 0.29) is 11.7 Å². The molecule has 0 saturated heterocycles. The summed E-state index contributed by atoms with van der Waals surface area (Å²) in [5.41, 5.74) is 2.38. The maximum atomic E-state index is 13.3. The van der Waals surface area contributed by atoms with Crippen molar-refractivity contribution < 1.29 is 4.39 Å². The van der Waals surface area contributed by atoms with Crippen LogP contribution in [0.2, 0.25) is 0 Å². The van der Waals surface area contributed by atoms with E-state index >= 15 is 0 Å². The maximum absolute atomic E-state index is 13.3. The van der Waals surface area contributed by atoms with Crippen LogP contribution in [0.1, 0.15) is 5.82 Å². The van der Waals surface area contributed by atoms with Gasteiger partial charge in [-0.1, -0.05) is 12.1 Å². The summed E-state index contributed by atoms with van der Waals surface area (Å²) in [5.74, 6) is 0.650. The van der Waals surface area contributed by atoms with E-state index in [1.165, 1.54) is 12.1 Å². The lowest BCUT2D eigenvalue weighted by atomic mass is 10.2. The van der Waals surface area contributed by atoms with Crippen LogP contribution in [0.4, 0.5) is 4.39 Å². The first kappa shape index (κ1) is 12.6. The quantitative estimate of drug-likeness (QED) is 0.621. The fraction of sp³-hybridized carbons (Fsp3) is 0.0714. The topological polar surface area (TPSA) is 17.8 Å². The van der Waals surface area contributed by atoms with Crippen molar-refractivity contribution in [2.75, 3.05) is 0 Å². The highest BCUT2D eigenvalue weighted by Crippen LogP contribution is 2.28. The monoisotopic (exact) mass is 338 g/mol. The summed E-state index contributed by atoms with van der Waals surface area (Å²) in [6, 6.07) is 12.3. The van der Waals surface area contributed by atoms with Gasteiger partial charge in [0.15, 0.2) is 0 Å². The second-order valence-electron chi connectivity index (χ2n) is 4.08. The van der Waals surface area contributed by atoms with Gasteiger partial charge >= 0.3 is 0 Å². The standard InChI is InChI=1S/C14H9BrClFN2/c15-10-3-1-2-4-12(10)19-13-6-5-9(17)7-11(13)18-14(19)8-16/h1-7H,8H2. The Labute approximate surface area is 123 Å². The minimum Gasteiger partial charge on any atom is -0.294 e. The third kappa shape index (κ3) is 2.15. The van der Waals surface area contributed by atoms with Crippen LogP contribution in [-0.2, 0) is 5.88 Å². The molecule has 19 heavy (non-hydrogen) atoms. The number of hydrogen-bond acceptors (Lipinski definition) is 1. The summed E-state index contributed by atoms with van der Waals surface area (Å²) < 4.78 is 16.1. The van der Waals surface area contributed by atoms with Gasteiger partial charge in [0.2, 0.25) is 0 Å². The third-order valence-corrected chi connectivity index (χ3v) is 3.81. The molecule has 0 aliphatic heterocycles. The molecule has 3 rings (SSSR count). The molecule has 3 aromatic rings. The normalized spacial score (nSPS) is 11.1.